The summed E-state index contributed by atoms with van der Waals surface area (Å²) in [4.78, 5) is 0. The van der Waals surface area contributed by atoms with E-state index in [9.17, 15) is 0 Å². The molecule has 0 aliphatic heterocycles. The maximum Gasteiger partial charge on any atom is 0.175 e. The molecule has 0 atom stereocenters. The molecule has 2 aromatic carbocycles. The normalized spacial score (nSPS) is 10.0. The predicted octanol–water partition coefficient (Wildman–Crippen LogP) is 4.58. The SMILES string of the molecule is N#Cc1ccc(NC(=S)Nc2cc3ccccc3s2)cc1. The molecule has 1 aromatic heterocycles. The van der Waals surface area contributed by atoms with Gasteiger partial charge in [0.15, 0.2) is 5.11 Å². The second-order valence-electron chi connectivity index (χ2n) is 4.42. The van der Waals surface area contributed by atoms with Crippen LogP contribution in [0.1, 0.15) is 5.56 Å². The van der Waals surface area contributed by atoms with Crippen LogP contribution in [-0.4, -0.2) is 5.11 Å². The molecule has 0 spiro atoms. The highest BCUT2D eigenvalue weighted by Gasteiger charge is 2.03. The summed E-state index contributed by atoms with van der Waals surface area (Å²) in [6.07, 6.45) is 0. The zero-order chi connectivity index (χ0) is 14.7. The molecule has 5 heteroatoms. The molecule has 102 valence electrons. The van der Waals surface area contributed by atoms with Gasteiger partial charge in [-0.15, -0.1) is 11.3 Å². The third kappa shape index (κ3) is 3.19. The Bertz CT molecular complexity index is 796. The molecule has 0 amide bonds. The van der Waals surface area contributed by atoms with Crippen molar-refractivity contribution >= 4 is 49.4 Å². The van der Waals surface area contributed by atoms with Crippen molar-refractivity contribution in [3.63, 3.8) is 0 Å². The van der Waals surface area contributed by atoms with Crippen molar-refractivity contribution in [3.8, 4) is 6.07 Å². The molecule has 0 bridgehead atoms. The van der Waals surface area contributed by atoms with Crippen molar-refractivity contribution in [1.82, 2.24) is 0 Å². The number of hydrogen-bond donors (Lipinski definition) is 2. The molecule has 21 heavy (non-hydrogen) atoms. The Labute approximate surface area is 131 Å². The zero-order valence-corrected chi connectivity index (χ0v) is 12.6. The van der Waals surface area contributed by atoms with Gasteiger partial charge in [-0.05, 0) is 54.0 Å². The van der Waals surface area contributed by atoms with Crippen LogP contribution in [0.4, 0.5) is 10.7 Å². The fourth-order valence-electron chi connectivity index (χ4n) is 1.95. The summed E-state index contributed by atoms with van der Waals surface area (Å²) < 4.78 is 1.22. The van der Waals surface area contributed by atoms with Gasteiger partial charge in [0.2, 0.25) is 0 Å². The molecular formula is C16H11N3S2. The lowest BCUT2D eigenvalue weighted by Crippen LogP contribution is -2.18. The maximum absolute atomic E-state index is 8.77. The first-order chi connectivity index (χ1) is 10.2. The number of thiocarbonyl (C=S) groups is 1. The minimum atomic E-state index is 0.534. The van der Waals surface area contributed by atoms with Crippen LogP contribution in [0, 0.1) is 11.3 Å². The van der Waals surface area contributed by atoms with Crippen molar-refractivity contribution in [1.29, 1.82) is 5.26 Å². The Morgan fingerprint density at radius 1 is 1.05 bits per heavy atom. The van der Waals surface area contributed by atoms with Gasteiger partial charge in [0, 0.05) is 10.4 Å². The van der Waals surface area contributed by atoms with Crippen LogP contribution in [0.15, 0.2) is 54.6 Å². The van der Waals surface area contributed by atoms with E-state index < -0.39 is 0 Å². The van der Waals surface area contributed by atoms with E-state index in [4.69, 9.17) is 17.5 Å². The largest absolute Gasteiger partial charge is 0.332 e. The molecule has 3 nitrogen and oxygen atoms in total. The second kappa shape index (κ2) is 5.92. The third-order valence-electron chi connectivity index (χ3n) is 2.93. The number of benzene rings is 2. The molecule has 0 fully saturated rings. The van der Waals surface area contributed by atoms with Gasteiger partial charge >= 0.3 is 0 Å². The van der Waals surface area contributed by atoms with Gasteiger partial charge in [0.1, 0.15) is 0 Å². The Hall–Kier alpha value is -2.42. The van der Waals surface area contributed by atoms with Crippen molar-refractivity contribution in [2.75, 3.05) is 10.6 Å². The first-order valence-electron chi connectivity index (χ1n) is 6.31. The number of anilines is 2. The summed E-state index contributed by atoms with van der Waals surface area (Å²) in [5.41, 5.74) is 1.48. The molecule has 0 saturated heterocycles. The van der Waals surface area contributed by atoms with Crippen molar-refractivity contribution in [2.45, 2.75) is 0 Å². The molecule has 2 N–H and O–H groups in total. The Morgan fingerprint density at radius 3 is 2.52 bits per heavy atom. The van der Waals surface area contributed by atoms with Crippen molar-refractivity contribution < 1.29 is 0 Å². The highest BCUT2D eigenvalue weighted by Crippen LogP contribution is 2.29. The smallest absolute Gasteiger partial charge is 0.175 e. The second-order valence-corrected chi connectivity index (χ2v) is 5.91. The van der Waals surface area contributed by atoms with Crippen LogP contribution < -0.4 is 10.6 Å². The van der Waals surface area contributed by atoms with Gasteiger partial charge in [-0.2, -0.15) is 5.26 Å². The maximum atomic E-state index is 8.77. The predicted molar refractivity (Wildman–Crippen MR) is 92.8 cm³/mol. The number of fused-ring (bicyclic) bond motifs is 1. The summed E-state index contributed by atoms with van der Waals surface area (Å²) in [5.74, 6) is 0. The Morgan fingerprint density at radius 2 is 1.81 bits per heavy atom. The first kappa shape index (κ1) is 13.6. The average molecular weight is 309 g/mol. The lowest BCUT2D eigenvalue weighted by atomic mass is 10.2. The molecule has 3 aromatic rings. The lowest BCUT2D eigenvalue weighted by molar-refractivity contribution is 1.48. The van der Waals surface area contributed by atoms with Crippen LogP contribution in [0.3, 0.4) is 0 Å². The summed E-state index contributed by atoms with van der Waals surface area (Å²) in [6, 6.07) is 19.5. The first-order valence-corrected chi connectivity index (χ1v) is 7.54. The lowest BCUT2D eigenvalue weighted by Gasteiger charge is -2.08. The number of thiophene rings is 1. The van der Waals surface area contributed by atoms with E-state index >= 15 is 0 Å². The summed E-state index contributed by atoms with van der Waals surface area (Å²) >= 11 is 6.96. The number of nitrogens with zero attached hydrogens (tertiary/aromatic N) is 1. The summed E-state index contributed by atoms with van der Waals surface area (Å²) in [6.45, 7) is 0. The number of rotatable bonds is 2. The highest BCUT2D eigenvalue weighted by atomic mass is 32.1. The highest BCUT2D eigenvalue weighted by molar-refractivity contribution is 7.80. The molecule has 0 radical (unpaired) electrons. The van der Waals surface area contributed by atoms with Gasteiger partial charge < -0.3 is 10.6 Å². The van der Waals surface area contributed by atoms with E-state index in [1.165, 1.54) is 10.1 Å². The van der Waals surface area contributed by atoms with Crippen LogP contribution in [0.25, 0.3) is 10.1 Å². The molecule has 1 heterocycles. The molecule has 0 aliphatic rings. The minimum Gasteiger partial charge on any atom is -0.332 e. The van der Waals surface area contributed by atoms with E-state index in [-0.39, 0.29) is 0 Å². The number of hydrogen-bond acceptors (Lipinski definition) is 3. The molecular weight excluding hydrogens is 298 g/mol. The Balaban J connectivity index is 1.69. The van der Waals surface area contributed by atoms with E-state index in [2.05, 4.69) is 34.9 Å². The van der Waals surface area contributed by atoms with Crippen molar-refractivity contribution in [3.05, 3.63) is 60.2 Å². The van der Waals surface area contributed by atoms with Gasteiger partial charge in [-0.1, -0.05) is 18.2 Å². The van der Waals surface area contributed by atoms with E-state index in [1.807, 2.05) is 24.3 Å². The van der Waals surface area contributed by atoms with Gasteiger partial charge in [-0.3, -0.25) is 0 Å². The van der Waals surface area contributed by atoms with Gasteiger partial charge in [0.05, 0.1) is 16.6 Å². The standard InChI is InChI=1S/C16H11N3S2/c17-10-11-5-7-13(8-6-11)18-16(20)19-15-9-12-3-1-2-4-14(12)21-15/h1-9H,(H2,18,19,20). The third-order valence-corrected chi connectivity index (χ3v) is 4.17. The minimum absolute atomic E-state index is 0.534. The molecule has 0 unspecified atom stereocenters. The quantitative estimate of drug-likeness (QED) is 0.680. The van der Waals surface area contributed by atoms with E-state index in [0.717, 1.165) is 10.7 Å². The molecule has 0 aliphatic carbocycles. The fraction of sp³-hybridized carbons (Fsp3) is 0. The monoisotopic (exact) mass is 309 g/mol. The van der Waals surface area contributed by atoms with E-state index in [1.54, 1.807) is 23.5 Å². The van der Waals surface area contributed by atoms with Crippen molar-refractivity contribution in [2.24, 2.45) is 0 Å². The fourth-order valence-corrected chi connectivity index (χ4v) is 3.21. The van der Waals surface area contributed by atoms with E-state index in [0.29, 0.717) is 10.7 Å². The molecule has 0 saturated carbocycles. The Kier molecular flexibility index (Phi) is 3.82. The topological polar surface area (TPSA) is 47.9 Å². The van der Waals surface area contributed by atoms with Crippen LogP contribution in [0.5, 0.6) is 0 Å². The zero-order valence-electron chi connectivity index (χ0n) is 11.0. The van der Waals surface area contributed by atoms with Crippen LogP contribution in [0.2, 0.25) is 0 Å². The van der Waals surface area contributed by atoms with Gasteiger partial charge in [0.25, 0.3) is 0 Å². The van der Waals surface area contributed by atoms with Crippen LogP contribution in [-0.2, 0) is 0 Å². The number of nitriles is 1. The number of nitrogens with one attached hydrogen (secondary N) is 2. The van der Waals surface area contributed by atoms with Gasteiger partial charge in [-0.25, -0.2) is 0 Å². The average Bonchev–Trinajstić information content (AvgIpc) is 2.90. The van der Waals surface area contributed by atoms with Crippen LogP contribution >= 0.6 is 23.6 Å². The summed E-state index contributed by atoms with van der Waals surface area (Å²) in [5, 5.41) is 17.8. The molecule has 3 rings (SSSR count). The summed E-state index contributed by atoms with van der Waals surface area (Å²) in [7, 11) is 0.